The zero-order valence-corrected chi connectivity index (χ0v) is 32.4. The second kappa shape index (κ2) is 78.9. The summed E-state index contributed by atoms with van der Waals surface area (Å²) < 4.78 is 50.0. The molecule has 0 saturated carbocycles. The van der Waals surface area contributed by atoms with Crippen LogP contribution >= 0.6 is 0 Å². The Bertz CT molecular complexity index is 380. The van der Waals surface area contributed by atoms with Gasteiger partial charge in [0.15, 0.2) is 0 Å². The van der Waals surface area contributed by atoms with E-state index in [2.05, 4.69) is 111 Å². The highest BCUT2D eigenvalue weighted by Crippen LogP contribution is 1.76. The third kappa shape index (κ3) is 113. The molecule has 15 radical (unpaired) electrons. The summed E-state index contributed by atoms with van der Waals surface area (Å²) in [4.78, 5) is 8.91. The van der Waals surface area contributed by atoms with Gasteiger partial charge in [0.25, 0.3) is 0 Å². The number of nitrogens with two attached hydrogens (primary N) is 2. The van der Waals surface area contributed by atoms with Gasteiger partial charge in [-0.05, 0) is 102 Å². The molecule has 44 heavy (non-hydrogen) atoms. The van der Waals surface area contributed by atoms with Crippen LogP contribution in [0.1, 0.15) is 69.9 Å². The Balaban J connectivity index is -0.0000000144. The molecule has 281 valence electrons. The minimum Gasteiger partial charge on any atom is -0.329 e. The van der Waals surface area contributed by atoms with E-state index in [-0.39, 0.29) is 49.2 Å². The van der Waals surface area contributed by atoms with Crippen molar-refractivity contribution >= 4 is 42.1 Å². The number of hydrogen-bond acceptors (Lipinski definition) is 10. The van der Waals surface area contributed by atoms with Crippen LogP contribution < -0.4 is 32.7 Å². The van der Waals surface area contributed by atoms with Gasteiger partial charge in [0.1, 0.15) is 0 Å². The smallest absolute Gasteiger partial charge is 0.0104 e. The first-order valence-electron chi connectivity index (χ1n) is 20.3. The molecule has 0 aromatic carbocycles. The Morgan fingerprint density at radius 2 is 0.682 bits per heavy atom. The first kappa shape index (κ1) is 56.3. The fraction of sp³-hybridized carbons (Fsp3) is 1.00. The third-order valence-corrected chi connectivity index (χ3v) is 5.52. The zero-order chi connectivity index (χ0) is 41.7. The molecule has 0 aliphatic carbocycles. The number of nitrogens with zero attached hydrogens (tertiary/aromatic N) is 4. The molecule has 0 amide bonds. The van der Waals surface area contributed by atoms with Gasteiger partial charge in [-0.25, -0.2) is 0 Å². The molecular formula is C29H100B5N10. The standard InChI is InChI=1S/2C6H16N2.2C5H14N2.C4H11N.C3H9N.5B.10H2/c2*1-4-8(3)6-5-7-2;2*1-3-7(2)5-4-6;1-3-4-5-2;1-3-4-2;;;;;;;;;;;;;;;/h2*7H,4-6H2,1-3H3;2*3-6H2,1-2H3;5H,3-4H2,1-2H3;4H,3H2,1-2H3;;;;;;10*1H/i;;;;;;;;;;;5*1+1D;5*1+1. The summed E-state index contributed by atoms with van der Waals surface area (Å²) in [6.45, 7) is 27.5. The van der Waals surface area contributed by atoms with E-state index in [0.717, 1.165) is 91.6 Å². The monoisotopic (exact) mass is 659 g/mol. The number of likely N-dealkylation sites (N-methyl/N-ethyl adjacent to an activating group) is 6. The van der Waals surface area contributed by atoms with E-state index < -0.39 is 0 Å². The molecule has 0 rings (SSSR count). The van der Waals surface area contributed by atoms with Gasteiger partial charge < -0.3 is 52.3 Å². The summed E-state index contributed by atoms with van der Waals surface area (Å²) in [5, 5.41) is 12.1. The first-order chi connectivity index (χ1) is 23.6. The van der Waals surface area contributed by atoms with Crippen molar-refractivity contribution in [1.29, 1.82) is 0 Å². The summed E-state index contributed by atoms with van der Waals surface area (Å²) in [6, 6.07) is 0. The van der Waals surface area contributed by atoms with Crippen molar-refractivity contribution in [3.8, 4) is 0 Å². The maximum atomic E-state index is 5.26. The maximum absolute atomic E-state index is 5.26. The average molecular weight is 658 g/mol. The molecule has 0 atom stereocenters. The summed E-state index contributed by atoms with van der Waals surface area (Å²) >= 11 is 0. The van der Waals surface area contributed by atoms with E-state index in [1.807, 2.05) is 28.2 Å². The highest BCUT2D eigenvalue weighted by Gasteiger charge is 1.90. The van der Waals surface area contributed by atoms with Crippen LogP contribution in [0.5, 0.6) is 0 Å². The van der Waals surface area contributed by atoms with Crippen molar-refractivity contribution in [2.75, 3.05) is 148 Å². The second-order valence-electron chi connectivity index (χ2n) is 9.18. The van der Waals surface area contributed by atoms with E-state index in [1.54, 1.807) is 0 Å². The van der Waals surface area contributed by atoms with E-state index in [1.165, 1.54) is 6.42 Å². The zero-order valence-electron chi connectivity index (χ0n) is 42.4. The summed E-state index contributed by atoms with van der Waals surface area (Å²) in [7, 11) is 16.2. The predicted octanol–water partition coefficient (Wildman–Crippen LogP) is 1.51. The topological polar surface area (TPSA) is 113 Å². The Kier molecular flexibility index (Phi) is 101. The molecule has 0 aromatic rings. The SMILES string of the molecule is CCCNC.CCN(C)CCN.CCN(C)CCN.CCN(C)CCNC.CCN(C)CCNC.CCNC.[2HH].[2HH].[2HH].[2HH].[2HH].[2H][2H].[2H][2H].[2H][2H].[2H][2H].[2H][2H].[B].[B].[B].[B].[B]. The van der Waals surface area contributed by atoms with Crippen molar-refractivity contribution in [2.45, 2.75) is 48.0 Å². The second-order valence-corrected chi connectivity index (χ2v) is 9.18. The summed E-state index contributed by atoms with van der Waals surface area (Å²) in [6.07, 6.45) is 1.23. The molecule has 0 aliphatic heterocycles. The van der Waals surface area contributed by atoms with Crippen molar-refractivity contribution in [1.82, 2.24) is 40.9 Å². The fourth-order valence-corrected chi connectivity index (χ4v) is 1.93. The van der Waals surface area contributed by atoms with Crippen LogP contribution in [0.15, 0.2) is 0 Å². The molecule has 0 spiro atoms. The molecule has 0 aromatic heterocycles. The van der Waals surface area contributed by atoms with Crippen molar-refractivity contribution in [3.63, 3.8) is 0 Å². The lowest BCUT2D eigenvalue weighted by molar-refractivity contribution is 0.354. The molecule has 0 saturated heterocycles. The minimum atomic E-state index is 0. The van der Waals surface area contributed by atoms with Crippen LogP contribution in [0.2, 0.25) is 0 Å². The van der Waals surface area contributed by atoms with E-state index in [0.29, 0.717) is 0 Å². The maximum Gasteiger partial charge on any atom is 0.0104 e. The van der Waals surface area contributed by atoms with Crippen LogP contribution in [0, 0.1) is 0 Å². The molecule has 10 nitrogen and oxygen atoms in total. The molecular weight excluding hydrogens is 542 g/mol. The van der Waals surface area contributed by atoms with Crippen LogP contribution in [0.4, 0.5) is 0 Å². The molecule has 0 fully saturated rings. The van der Waals surface area contributed by atoms with Crippen LogP contribution in [-0.4, -0.2) is 210 Å². The van der Waals surface area contributed by atoms with Crippen molar-refractivity contribution in [3.05, 3.63) is 0 Å². The number of hydrogen-bond donors (Lipinski definition) is 6. The number of rotatable bonds is 17. The quantitative estimate of drug-likeness (QED) is 0.129. The lowest BCUT2D eigenvalue weighted by atomic mass is 10.5. The van der Waals surface area contributed by atoms with Crippen LogP contribution in [0.3, 0.4) is 0 Å². The first-order valence-corrected chi connectivity index (χ1v) is 15.3. The average Bonchev–Trinajstić information content (AvgIpc) is 3.18. The largest absolute Gasteiger partial charge is 0.329 e. The highest BCUT2D eigenvalue weighted by atomic mass is 15.1. The van der Waals surface area contributed by atoms with Gasteiger partial charge in [0.05, 0.1) is 0 Å². The molecule has 0 bridgehead atoms. The van der Waals surface area contributed by atoms with Gasteiger partial charge in [-0.3, -0.25) is 0 Å². The van der Waals surface area contributed by atoms with Gasteiger partial charge in [0.2, 0.25) is 0 Å². The summed E-state index contributed by atoms with van der Waals surface area (Å²) in [5.74, 6) is 0. The molecule has 0 aliphatic rings. The van der Waals surface area contributed by atoms with Crippen molar-refractivity contribution in [2.24, 2.45) is 11.5 Å². The van der Waals surface area contributed by atoms with Gasteiger partial charge in [-0.15, -0.1) is 0 Å². The van der Waals surface area contributed by atoms with Crippen LogP contribution in [-0.2, 0) is 0 Å². The molecule has 0 heterocycles. The van der Waals surface area contributed by atoms with Gasteiger partial charge in [0, 0.05) is 116 Å². The third-order valence-electron chi connectivity index (χ3n) is 5.52. The Hall–Kier alpha value is -0.0753. The van der Waals surface area contributed by atoms with Crippen molar-refractivity contribution < 1.29 is 22.0 Å². The van der Waals surface area contributed by atoms with E-state index in [9.17, 15) is 0 Å². The lowest BCUT2D eigenvalue weighted by Crippen LogP contribution is -2.26. The minimum absolute atomic E-state index is 0. The lowest BCUT2D eigenvalue weighted by Gasteiger charge is -2.11. The van der Waals surface area contributed by atoms with E-state index >= 15 is 0 Å². The highest BCUT2D eigenvalue weighted by molar-refractivity contribution is 5.76. The molecule has 8 N–H and O–H groups in total. The normalized spacial score (nSPS) is 9.64. The summed E-state index contributed by atoms with van der Waals surface area (Å²) in [5.41, 5.74) is 10.5. The molecule has 0 unspecified atom stereocenters. The van der Waals surface area contributed by atoms with Gasteiger partial charge >= 0.3 is 0 Å². The molecule has 15 heteroatoms. The number of nitrogens with one attached hydrogen (secondary N) is 4. The van der Waals surface area contributed by atoms with Crippen LogP contribution in [0.25, 0.3) is 0 Å². The van der Waals surface area contributed by atoms with E-state index in [4.69, 9.17) is 26.3 Å². The Morgan fingerprint density at radius 1 is 0.455 bits per heavy atom. The Morgan fingerprint density at radius 3 is 0.773 bits per heavy atom. The fourth-order valence-electron chi connectivity index (χ4n) is 1.93. The predicted molar refractivity (Wildman–Crippen MR) is 232 cm³/mol. The van der Waals surface area contributed by atoms with Gasteiger partial charge in [-0.2, -0.15) is 0 Å². The van der Waals surface area contributed by atoms with Gasteiger partial charge in [-0.1, -0.05) is 41.5 Å². The Labute approximate surface area is 312 Å².